The van der Waals surface area contributed by atoms with Crippen LogP contribution in [0.1, 0.15) is 51.3 Å². The number of hydrogen-bond donors (Lipinski definition) is 1. The lowest BCUT2D eigenvalue weighted by Gasteiger charge is -2.42. The first kappa shape index (κ1) is 23.4. The Kier molecular flexibility index (Phi) is 7.74. The summed E-state index contributed by atoms with van der Waals surface area (Å²) in [5.74, 6) is 0. The Morgan fingerprint density at radius 1 is 0.800 bits per heavy atom. The molecule has 0 amide bonds. The maximum absolute atomic E-state index is 8.71. The van der Waals surface area contributed by atoms with Gasteiger partial charge in [0.25, 0.3) is 0 Å². The van der Waals surface area contributed by atoms with Crippen LogP contribution in [0, 0.1) is 0 Å². The van der Waals surface area contributed by atoms with Crippen LogP contribution in [0.4, 0.5) is 0 Å². The molecule has 0 aliphatic heterocycles. The van der Waals surface area contributed by atoms with E-state index in [0.717, 1.165) is 11.5 Å². The second kappa shape index (κ2) is 9.91. The minimum absolute atomic E-state index is 0.600. The molecular weight excluding hydrogens is 447 g/mol. The lowest BCUT2D eigenvalue weighted by atomic mass is 10.3. The molecule has 3 heterocycles. The summed E-state index contributed by atoms with van der Waals surface area (Å²) in [7, 11) is -1.84. The molecule has 3 rings (SSSR count). The largest absolute Gasteiger partial charge is 0.411 e. The first-order valence-corrected chi connectivity index (χ1v) is 15.0. The van der Waals surface area contributed by atoms with Gasteiger partial charge in [-0.2, -0.15) is 0 Å². The zero-order valence-corrected chi connectivity index (χ0v) is 22.0. The average molecular weight is 478 g/mol. The Morgan fingerprint density at radius 2 is 1.30 bits per heavy atom. The van der Waals surface area contributed by atoms with E-state index in [1.165, 1.54) is 30.6 Å². The third-order valence-corrected chi connectivity index (χ3v) is 15.4. The Labute approximate surface area is 193 Å². The van der Waals surface area contributed by atoms with Crippen molar-refractivity contribution in [2.24, 2.45) is 5.16 Å². The third-order valence-electron chi connectivity index (χ3n) is 5.74. The molecule has 3 nitrogen and oxygen atoms in total. The fourth-order valence-corrected chi connectivity index (χ4v) is 13.0. The molecule has 7 heteroatoms. The van der Waals surface area contributed by atoms with Gasteiger partial charge in [-0.15, -0.1) is 34.0 Å². The van der Waals surface area contributed by atoms with E-state index in [1.54, 1.807) is 22.7 Å². The molecule has 0 radical (unpaired) electrons. The second-order valence-electron chi connectivity index (χ2n) is 8.48. The molecule has 1 N–H and O–H groups in total. The maximum atomic E-state index is 8.71. The summed E-state index contributed by atoms with van der Waals surface area (Å²) in [6, 6.07) is 12.9. The van der Waals surface area contributed by atoms with Crippen molar-refractivity contribution in [1.29, 1.82) is 0 Å². The van der Waals surface area contributed by atoms with Crippen LogP contribution in [-0.2, 0) is 11.0 Å². The predicted molar refractivity (Wildman–Crippen MR) is 136 cm³/mol. The van der Waals surface area contributed by atoms with Gasteiger partial charge in [-0.25, -0.2) is 0 Å². The van der Waals surface area contributed by atoms with Crippen molar-refractivity contribution in [2.45, 2.75) is 64.8 Å². The fourth-order valence-electron chi connectivity index (χ4n) is 4.50. The monoisotopic (exact) mass is 477 g/mol. The molecule has 30 heavy (non-hydrogen) atoms. The third kappa shape index (κ3) is 4.80. The van der Waals surface area contributed by atoms with Gasteiger partial charge >= 0.3 is 0 Å². The van der Waals surface area contributed by atoms with Crippen molar-refractivity contribution < 1.29 is 9.63 Å². The van der Waals surface area contributed by atoms with Crippen LogP contribution in [0.2, 0.25) is 16.6 Å². The average Bonchev–Trinajstić information content (AvgIpc) is 3.41. The molecule has 3 aromatic rings. The van der Waals surface area contributed by atoms with Gasteiger partial charge in [-0.1, -0.05) is 46.7 Å². The highest BCUT2D eigenvalue weighted by Gasteiger charge is 2.45. The Morgan fingerprint density at radius 3 is 1.87 bits per heavy atom. The standard InChI is InChI=1S/C23H31NO2S3Si/c1-15(2)30(16(3)4,17(5)6)26-14-19-8-10-21(28-19)23-12-11-22(29-23)20-9-7-18(27-20)13-24-25/h7-13,15-17,25H,14H2,1-6H3/b24-13+. The topological polar surface area (TPSA) is 41.8 Å². The van der Waals surface area contributed by atoms with E-state index in [4.69, 9.17) is 9.63 Å². The number of hydrogen-bond acceptors (Lipinski definition) is 6. The molecule has 0 aromatic carbocycles. The van der Waals surface area contributed by atoms with Gasteiger partial charge in [0, 0.05) is 29.3 Å². The van der Waals surface area contributed by atoms with Crippen LogP contribution in [0.25, 0.3) is 19.5 Å². The summed E-state index contributed by atoms with van der Waals surface area (Å²) in [5, 5.41) is 11.8. The lowest BCUT2D eigenvalue weighted by molar-refractivity contribution is 0.269. The lowest BCUT2D eigenvalue weighted by Crippen LogP contribution is -2.47. The molecule has 3 aromatic heterocycles. The van der Waals surface area contributed by atoms with Crippen molar-refractivity contribution in [3.63, 3.8) is 0 Å². The summed E-state index contributed by atoms with van der Waals surface area (Å²) in [6.45, 7) is 14.7. The first-order valence-electron chi connectivity index (χ1n) is 10.4. The Balaban J connectivity index is 1.74. The predicted octanol–water partition coefficient (Wildman–Crippen LogP) is 8.71. The van der Waals surface area contributed by atoms with Gasteiger partial charge in [-0.3, -0.25) is 0 Å². The molecular formula is C23H31NO2S3Si. The Bertz CT molecular complexity index is 962. The molecule has 0 spiro atoms. The van der Waals surface area contributed by atoms with Crippen LogP contribution in [0.5, 0.6) is 0 Å². The number of nitrogens with zero attached hydrogens (tertiary/aromatic N) is 1. The van der Waals surface area contributed by atoms with E-state index in [-0.39, 0.29) is 0 Å². The zero-order chi connectivity index (χ0) is 21.9. The number of thiophene rings is 3. The highest BCUT2D eigenvalue weighted by atomic mass is 32.1. The van der Waals surface area contributed by atoms with Gasteiger partial charge in [-0.05, 0) is 53.0 Å². The summed E-state index contributed by atoms with van der Waals surface area (Å²) >= 11 is 5.28. The SMILES string of the molecule is CC(C)[Si](OCc1ccc(-c2ccc(-c3ccc(/C=N/O)s3)s2)s1)(C(C)C)C(C)C. The van der Waals surface area contributed by atoms with Gasteiger partial charge in [0.05, 0.1) is 12.8 Å². The van der Waals surface area contributed by atoms with Crippen LogP contribution >= 0.6 is 34.0 Å². The van der Waals surface area contributed by atoms with Crippen molar-refractivity contribution in [3.8, 4) is 19.5 Å². The zero-order valence-electron chi connectivity index (χ0n) is 18.5. The van der Waals surface area contributed by atoms with E-state index >= 15 is 0 Å². The van der Waals surface area contributed by atoms with Crippen molar-refractivity contribution in [2.75, 3.05) is 0 Å². The first-order chi connectivity index (χ1) is 14.3. The molecule has 0 atom stereocenters. The van der Waals surface area contributed by atoms with Gasteiger partial charge in [0.15, 0.2) is 0 Å². The van der Waals surface area contributed by atoms with Crippen LogP contribution in [-0.4, -0.2) is 19.7 Å². The van der Waals surface area contributed by atoms with Crippen LogP contribution in [0.15, 0.2) is 41.6 Å². The molecule has 0 saturated heterocycles. The van der Waals surface area contributed by atoms with Crippen LogP contribution < -0.4 is 0 Å². The minimum Gasteiger partial charge on any atom is -0.411 e. The normalized spacial score (nSPS) is 12.8. The highest BCUT2D eigenvalue weighted by molar-refractivity contribution is 7.26. The van der Waals surface area contributed by atoms with Gasteiger partial charge < -0.3 is 9.63 Å². The molecule has 162 valence electrons. The Hall–Kier alpha value is -1.25. The van der Waals surface area contributed by atoms with E-state index in [1.807, 2.05) is 17.4 Å². The molecule has 0 bridgehead atoms. The van der Waals surface area contributed by atoms with Crippen molar-refractivity contribution in [3.05, 3.63) is 46.2 Å². The van der Waals surface area contributed by atoms with Crippen LogP contribution in [0.3, 0.4) is 0 Å². The molecule has 0 aliphatic carbocycles. The van der Waals surface area contributed by atoms with E-state index < -0.39 is 8.32 Å². The smallest absolute Gasteiger partial charge is 0.200 e. The molecule has 0 unspecified atom stereocenters. The minimum atomic E-state index is -1.84. The van der Waals surface area contributed by atoms with Crippen molar-refractivity contribution in [1.82, 2.24) is 0 Å². The molecule has 0 aliphatic rings. The van der Waals surface area contributed by atoms with E-state index in [2.05, 4.69) is 77.0 Å². The summed E-state index contributed by atoms with van der Waals surface area (Å²) in [4.78, 5) is 7.27. The van der Waals surface area contributed by atoms with E-state index in [0.29, 0.717) is 16.6 Å². The summed E-state index contributed by atoms with van der Waals surface area (Å²) in [6.07, 6.45) is 1.48. The summed E-state index contributed by atoms with van der Waals surface area (Å²) in [5.41, 5.74) is 1.80. The second-order valence-corrected chi connectivity index (χ2v) is 17.3. The number of oxime groups is 1. The highest BCUT2D eigenvalue weighted by Crippen LogP contribution is 2.44. The summed E-state index contributed by atoms with van der Waals surface area (Å²) < 4.78 is 6.77. The van der Waals surface area contributed by atoms with E-state index in [9.17, 15) is 0 Å². The van der Waals surface area contributed by atoms with Crippen molar-refractivity contribution >= 4 is 48.5 Å². The fraction of sp³-hybridized carbons (Fsp3) is 0.435. The molecule has 0 fully saturated rings. The quantitative estimate of drug-likeness (QED) is 0.145. The van der Waals surface area contributed by atoms with Gasteiger partial charge in [0.1, 0.15) is 0 Å². The molecule has 0 saturated carbocycles. The maximum Gasteiger partial charge on any atom is 0.200 e. The number of rotatable bonds is 9. The van der Waals surface area contributed by atoms with Gasteiger partial charge in [0.2, 0.25) is 8.32 Å².